The van der Waals surface area contributed by atoms with Gasteiger partial charge in [0.2, 0.25) is 0 Å². The molecule has 0 aliphatic carbocycles. The number of nitrogens with zero attached hydrogens (tertiary/aromatic N) is 2. The van der Waals surface area contributed by atoms with Crippen LogP contribution in [0.3, 0.4) is 0 Å². The normalized spacial score (nSPS) is 32.7. The summed E-state index contributed by atoms with van der Waals surface area (Å²) in [6.07, 6.45) is 0.747. The van der Waals surface area contributed by atoms with E-state index in [1.54, 1.807) is 0 Å². The van der Waals surface area contributed by atoms with Crippen molar-refractivity contribution < 1.29 is 8.42 Å². The molecule has 2 aliphatic heterocycles. The fraction of sp³-hybridized carbons (Fsp3) is 1.00. The fourth-order valence-corrected chi connectivity index (χ4v) is 4.53. The summed E-state index contributed by atoms with van der Waals surface area (Å²) in [5.74, 6) is 0.787. The molecule has 0 bridgehead atoms. The van der Waals surface area contributed by atoms with Gasteiger partial charge in [0.15, 0.2) is 9.84 Å². The Kier molecular flexibility index (Phi) is 4.07. The average Bonchev–Trinajstić information content (AvgIpc) is 2.62. The van der Waals surface area contributed by atoms with Crippen molar-refractivity contribution in [3.63, 3.8) is 0 Å². The summed E-state index contributed by atoms with van der Waals surface area (Å²) >= 11 is 0. The summed E-state index contributed by atoms with van der Waals surface area (Å²) in [4.78, 5) is 4.66. The Morgan fingerprint density at radius 1 is 1.29 bits per heavy atom. The quantitative estimate of drug-likeness (QED) is 0.705. The van der Waals surface area contributed by atoms with E-state index in [9.17, 15) is 8.42 Å². The molecule has 2 N–H and O–H groups in total. The van der Waals surface area contributed by atoms with Gasteiger partial charge in [-0.25, -0.2) is 8.42 Å². The lowest BCUT2D eigenvalue weighted by Gasteiger charge is -2.34. The van der Waals surface area contributed by atoms with Crippen molar-refractivity contribution in [2.24, 2.45) is 11.7 Å². The van der Waals surface area contributed by atoms with E-state index in [1.807, 2.05) is 0 Å². The molecule has 0 aromatic rings. The number of likely N-dealkylation sites (N-methyl/N-ethyl adjacent to an activating group) is 1. The maximum Gasteiger partial charge on any atom is 0.150 e. The maximum atomic E-state index is 11.4. The number of rotatable bonds is 3. The largest absolute Gasteiger partial charge is 0.326 e. The van der Waals surface area contributed by atoms with Crippen LogP contribution in [0.5, 0.6) is 0 Å². The number of hydrogen-bond donors (Lipinski definition) is 1. The first-order valence-electron chi connectivity index (χ1n) is 6.33. The van der Waals surface area contributed by atoms with Crippen LogP contribution in [0.25, 0.3) is 0 Å². The maximum absolute atomic E-state index is 11.4. The molecule has 0 spiro atoms. The third kappa shape index (κ3) is 3.64. The highest BCUT2D eigenvalue weighted by atomic mass is 32.2. The Morgan fingerprint density at radius 2 is 1.94 bits per heavy atom. The molecule has 0 saturated carbocycles. The van der Waals surface area contributed by atoms with Gasteiger partial charge in [-0.1, -0.05) is 0 Å². The summed E-state index contributed by atoms with van der Waals surface area (Å²) < 4.78 is 22.8. The Labute approximate surface area is 104 Å². The summed E-state index contributed by atoms with van der Waals surface area (Å²) in [6.45, 7) is 5.09. The molecule has 2 unspecified atom stereocenters. The van der Waals surface area contributed by atoms with Crippen LogP contribution in [0.1, 0.15) is 6.42 Å². The predicted molar refractivity (Wildman–Crippen MR) is 68.7 cm³/mol. The molecule has 0 radical (unpaired) electrons. The second-order valence-corrected chi connectivity index (χ2v) is 7.66. The number of sulfone groups is 1. The van der Waals surface area contributed by atoms with Gasteiger partial charge in [0.05, 0.1) is 11.5 Å². The van der Waals surface area contributed by atoms with Crippen LogP contribution >= 0.6 is 0 Å². The van der Waals surface area contributed by atoms with Crippen LogP contribution in [-0.4, -0.2) is 75.5 Å². The van der Waals surface area contributed by atoms with E-state index in [0.29, 0.717) is 11.5 Å². The SMILES string of the molecule is CN1CCN(CC(N)C2CCS(=O)(=O)C2)CC1. The molecule has 5 nitrogen and oxygen atoms in total. The summed E-state index contributed by atoms with van der Waals surface area (Å²) in [6, 6.07) is 0.00989. The first kappa shape index (κ1) is 13.3. The summed E-state index contributed by atoms with van der Waals surface area (Å²) in [5.41, 5.74) is 6.15. The number of piperazine rings is 1. The predicted octanol–water partition coefficient (Wildman–Crippen LogP) is -1.00. The van der Waals surface area contributed by atoms with E-state index < -0.39 is 9.84 Å². The zero-order chi connectivity index (χ0) is 12.5. The van der Waals surface area contributed by atoms with Crippen molar-refractivity contribution >= 4 is 9.84 Å². The van der Waals surface area contributed by atoms with E-state index in [1.165, 1.54) is 0 Å². The molecule has 2 aliphatic rings. The van der Waals surface area contributed by atoms with Crippen molar-refractivity contribution in [2.45, 2.75) is 12.5 Å². The third-order valence-corrected chi connectivity index (χ3v) is 5.73. The summed E-state index contributed by atoms with van der Waals surface area (Å²) in [7, 11) is -0.671. The van der Waals surface area contributed by atoms with Crippen molar-refractivity contribution in [2.75, 3.05) is 51.3 Å². The first-order valence-corrected chi connectivity index (χ1v) is 8.15. The third-order valence-electron chi connectivity index (χ3n) is 3.94. The molecule has 0 aromatic heterocycles. The first-order chi connectivity index (χ1) is 7.96. The topological polar surface area (TPSA) is 66.6 Å². The Morgan fingerprint density at radius 3 is 2.47 bits per heavy atom. The van der Waals surface area contributed by atoms with Gasteiger partial charge in [-0.15, -0.1) is 0 Å². The lowest BCUT2D eigenvalue weighted by atomic mass is 9.99. The van der Waals surface area contributed by atoms with E-state index in [-0.39, 0.29) is 12.0 Å². The van der Waals surface area contributed by atoms with Crippen molar-refractivity contribution in [3.05, 3.63) is 0 Å². The number of nitrogens with two attached hydrogens (primary N) is 1. The van der Waals surface area contributed by atoms with E-state index >= 15 is 0 Å². The van der Waals surface area contributed by atoms with Gasteiger partial charge in [-0.05, 0) is 19.4 Å². The Hall–Kier alpha value is -0.170. The molecule has 0 aromatic carbocycles. The zero-order valence-corrected chi connectivity index (χ0v) is 11.3. The fourth-order valence-electron chi connectivity index (χ4n) is 2.64. The smallest absolute Gasteiger partial charge is 0.150 e. The van der Waals surface area contributed by atoms with E-state index in [4.69, 9.17) is 5.73 Å². The minimum absolute atomic E-state index is 0.00989. The Bertz CT molecular complexity index is 350. The van der Waals surface area contributed by atoms with Crippen molar-refractivity contribution in [1.29, 1.82) is 0 Å². The molecular weight excluding hydrogens is 238 g/mol. The molecule has 0 amide bonds. The van der Waals surface area contributed by atoms with Crippen molar-refractivity contribution in [3.8, 4) is 0 Å². The zero-order valence-electron chi connectivity index (χ0n) is 10.5. The highest BCUT2D eigenvalue weighted by Crippen LogP contribution is 2.21. The van der Waals surface area contributed by atoms with Gasteiger partial charge in [0.25, 0.3) is 0 Å². The van der Waals surface area contributed by atoms with Gasteiger partial charge in [0, 0.05) is 38.8 Å². The van der Waals surface area contributed by atoms with Gasteiger partial charge in [-0.2, -0.15) is 0 Å². The van der Waals surface area contributed by atoms with E-state index in [0.717, 1.165) is 39.1 Å². The van der Waals surface area contributed by atoms with Crippen LogP contribution < -0.4 is 5.73 Å². The molecule has 2 fully saturated rings. The molecule has 2 rings (SSSR count). The molecular formula is C11H23N3O2S. The molecule has 100 valence electrons. The number of hydrogen-bond acceptors (Lipinski definition) is 5. The van der Waals surface area contributed by atoms with Gasteiger partial charge < -0.3 is 10.6 Å². The van der Waals surface area contributed by atoms with Crippen LogP contribution in [0.2, 0.25) is 0 Å². The van der Waals surface area contributed by atoms with Crippen molar-refractivity contribution in [1.82, 2.24) is 9.80 Å². The summed E-state index contributed by atoms with van der Waals surface area (Å²) in [5, 5.41) is 0. The highest BCUT2D eigenvalue weighted by molar-refractivity contribution is 7.91. The molecule has 17 heavy (non-hydrogen) atoms. The minimum Gasteiger partial charge on any atom is -0.326 e. The Balaban J connectivity index is 1.79. The second kappa shape index (κ2) is 5.22. The van der Waals surface area contributed by atoms with Crippen LogP contribution in [0.15, 0.2) is 0 Å². The van der Waals surface area contributed by atoms with E-state index in [2.05, 4.69) is 16.8 Å². The second-order valence-electron chi connectivity index (χ2n) is 5.43. The van der Waals surface area contributed by atoms with Crippen LogP contribution in [-0.2, 0) is 9.84 Å². The molecule has 6 heteroatoms. The standard InChI is InChI=1S/C11H23N3O2S/c1-13-3-5-14(6-4-13)8-11(12)10-2-7-17(15,16)9-10/h10-11H,2-9,12H2,1H3. The average molecular weight is 261 g/mol. The minimum atomic E-state index is -2.80. The lowest BCUT2D eigenvalue weighted by molar-refractivity contribution is 0.140. The van der Waals surface area contributed by atoms with Gasteiger partial charge in [0.1, 0.15) is 0 Å². The monoisotopic (exact) mass is 261 g/mol. The molecule has 2 saturated heterocycles. The molecule has 2 atom stereocenters. The van der Waals surface area contributed by atoms with Crippen LogP contribution in [0, 0.1) is 5.92 Å². The molecule has 2 heterocycles. The highest BCUT2D eigenvalue weighted by Gasteiger charge is 2.32. The van der Waals surface area contributed by atoms with Gasteiger partial charge >= 0.3 is 0 Å². The van der Waals surface area contributed by atoms with Crippen LogP contribution in [0.4, 0.5) is 0 Å². The lowest BCUT2D eigenvalue weighted by Crippen LogP contribution is -2.50. The van der Waals surface area contributed by atoms with Gasteiger partial charge in [-0.3, -0.25) is 4.90 Å².